The van der Waals surface area contributed by atoms with Gasteiger partial charge in [-0.2, -0.15) is 0 Å². The van der Waals surface area contributed by atoms with Gasteiger partial charge in [0, 0.05) is 28.2 Å². The molecule has 2 aromatic carbocycles. The fourth-order valence-corrected chi connectivity index (χ4v) is 1.51. The average Bonchev–Trinajstić information content (AvgIpc) is 3.12. The number of hydrogen-bond acceptors (Lipinski definition) is 0. The average molecular weight is 444 g/mol. The van der Waals surface area contributed by atoms with E-state index in [4.69, 9.17) is 0 Å². The van der Waals surface area contributed by atoms with Crippen LogP contribution in [-0.2, 0) is 17.1 Å². The van der Waals surface area contributed by atoms with E-state index >= 15 is 0 Å². The summed E-state index contributed by atoms with van der Waals surface area (Å²) in [6, 6.07) is 20.0. The van der Waals surface area contributed by atoms with Crippen molar-refractivity contribution in [1.82, 2.24) is 0 Å². The molecule has 0 nitrogen and oxygen atoms in total. The number of rotatable bonds is 0. The van der Waals surface area contributed by atoms with E-state index in [1.807, 2.05) is 92.8 Å². The largest absolute Gasteiger partial charge is 0.0312 e. The van der Waals surface area contributed by atoms with Gasteiger partial charge in [0.05, 0.1) is 0 Å². The predicted octanol–water partition coefficient (Wildman–Crippen LogP) is 7.49. The first-order valence-electron chi connectivity index (χ1n) is 7.25. The Labute approximate surface area is 166 Å². The molecule has 0 N–H and O–H groups in total. The Morgan fingerprint density at radius 1 is 0.481 bits per heavy atom. The molecule has 0 unspecified atom stereocenters. The van der Waals surface area contributed by atoms with E-state index in [-0.39, 0.29) is 17.1 Å². The zero-order valence-corrected chi connectivity index (χ0v) is 15.7. The zero-order valence-electron chi connectivity index (χ0n) is 13.7. The number of halogens is 6. The van der Waals surface area contributed by atoms with Gasteiger partial charge in [0.1, 0.15) is 0 Å². The zero-order chi connectivity index (χ0) is 19.6. The molecule has 5 radical (unpaired) electrons. The molecule has 1 saturated carbocycles. The van der Waals surface area contributed by atoms with Crippen LogP contribution in [0.15, 0.2) is 60.7 Å². The van der Waals surface area contributed by atoms with Crippen molar-refractivity contribution in [3.63, 3.8) is 0 Å². The summed E-state index contributed by atoms with van der Waals surface area (Å²) in [4.78, 5) is 0. The summed E-state index contributed by atoms with van der Waals surface area (Å²) >= 11 is 0. The third kappa shape index (κ3) is 20.7. The molecule has 0 atom stereocenters. The molecule has 1 aliphatic carbocycles. The summed E-state index contributed by atoms with van der Waals surface area (Å²) in [6.07, 6.45) is 10.0. The molecule has 0 bridgehead atoms. The van der Waals surface area contributed by atoms with E-state index in [1.165, 1.54) is 0 Å². The van der Waals surface area contributed by atoms with Crippen molar-refractivity contribution in [1.29, 1.82) is 0 Å². The van der Waals surface area contributed by atoms with Gasteiger partial charge in [0.25, 0.3) is 0 Å². The Morgan fingerprint density at radius 2 is 0.704 bits per heavy atom. The Balaban J connectivity index is 0.000000437. The Kier molecular flexibility index (Phi) is 9.62. The van der Waals surface area contributed by atoms with Crippen LogP contribution in [0.4, 0.5) is 25.2 Å². The molecule has 0 aliphatic heterocycles. The summed E-state index contributed by atoms with van der Waals surface area (Å²) in [5.41, 5.74) is 2.10. The molecule has 147 valence electrons. The first-order valence-corrected chi connectivity index (χ1v) is 9.28. The minimum atomic E-state index is -10.7. The van der Waals surface area contributed by atoms with Crippen molar-refractivity contribution < 1.29 is 42.3 Å². The van der Waals surface area contributed by atoms with E-state index in [0.29, 0.717) is 0 Å². The van der Waals surface area contributed by atoms with Crippen LogP contribution in [0.1, 0.15) is 11.1 Å². The van der Waals surface area contributed by atoms with Crippen LogP contribution in [0.3, 0.4) is 0 Å². The van der Waals surface area contributed by atoms with Crippen LogP contribution in [0.25, 0.3) is 0 Å². The molecule has 0 spiro atoms. The standard InChI is InChI=1S/C14H10.C5H5.F6P.Fe/c1-3-7-13(8-4-1)11-12-14-9-5-2-6-10-14;1-2-4-5-3-1;1-7(2,3,4,5)6;/h1-10H;1-5H;;/q;;-1;. The van der Waals surface area contributed by atoms with E-state index in [0.717, 1.165) is 11.1 Å². The van der Waals surface area contributed by atoms with E-state index in [9.17, 15) is 25.2 Å². The minimum absolute atomic E-state index is 0. The van der Waals surface area contributed by atoms with Gasteiger partial charge in [0.15, 0.2) is 0 Å². The molecule has 1 aliphatic rings. The number of hydrogen-bond donors (Lipinski definition) is 0. The fraction of sp³-hybridized carbons (Fsp3) is 0. The number of benzene rings is 2. The van der Waals surface area contributed by atoms with Crippen LogP contribution in [0, 0.1) is 43.9 Å². The van der Waals surface area contributed by atoms with E-state index in [1.54, 1.807) is 0 Å². The topological polar surface area (TPSA) is 0 Å². The quantitative estimate of drug-likeness (QED) is 0.171. The van der Waals surface area contributed by atoms with Gasteiger partial charge in [-0.1, -0.05) is 48.2 Å². The van der Waals surface area contributed by atoms with Crippen LogP contribution in [0.5, 0.6) is 0 Å². The monoisotopic (exact) mass is 444 g/mol. The maximum absolute atomic E-state index is 10.7. The second-order valence-corrected chi connectivity index (χ2v) is 6.82. The smallest absolute Gasteiger partial charge is 0 e. The first-order chi connectivity index (χ1) is 11.9. The Morgan fingerprint density at radius 3 is 0.926 bits per heavy atom. The second kappa shape index (κ2) is 10.2. The van der Waals surface area contributed by atoms with Crippen molar-refractivity contribution in [3.05, 3.63) is 104 Å². The fourth-order valence-electron chi connectivity index (χ4n) is 1.51. The van der Waals surface area contributed by atoms with Crippen LogP contribution < -0.4 is 0 Å². The van der Waals surface area contributed by atoms with Crippen molar-refractivity contribution in [3.8, 4) is 11.8 Å². The molecule has 3 rings (SSSR count). The maximum atomic E-state index is 9.87. The summed E-state index contributed by atoms with van der Waals surface area (Å²) in [5, 5.41) is 0. The molecular formula is C19H15F6FeP-. The van der Waals surface area contributed by atoms with Crippen LogP contribution >= 0.6 is 7.81 Å². The normalized spacial score (nSPS) is 15.0. The van der Waals surface area contributed by atoms with Gasteiger partial charge >= 0.3 is 33.0 Å². The Hall–Kier alpha value is -1.47. The van der Waals surface area contributed by atoms with E-state index < -0.39 is 7.81 Å². The summed E-state index contributed by atoms with van der Waals surface area (Å²) < 4.78 is 59.2. The van der Waals surface area contributed by atoms with Gasteiger partial charge < -0.3 is 0 Å². The van der Waals surface area contributed by atoms with Gasteiger partial charge in [-0.15, -0.1) is 0 Å². The minimum Gasteiger partial charge on any atom is -0.0312 e. The molecule has 0 aromatic heterocycles. The molecule has 0 heterocycles. The summed E-state index contributed by atoms with van der Waals surface area (Å²) in [5.74, 6) is 6.22. The third-order valence-electron chi connectivity index (χ3n) is 2.45. The Bertz CT molecular complexity index is 652. The second-order valence-electron chi connectivity index (χ2n) is 4.90. The van der Waals surface area contributed by atoms with Crippen molar-refractivity contribution >= 4 is 7.81 Å². The molecular weight excluding hydrogens is 429 g/mol. The molecule has 1 fully saturated rings. The molecule has 8 heteroatoms. The van der Waals surface area contributed by atoms with Crippen LogP contribution in [0.2, 0.25) is 0 Å². The molecule has 0 saturated heterocycles. The summed E-state index contributed by atoms with van der Waals surface area (Å²) in [6.45, 7) is 0. The van der Waals surface area contributed by atoms with Crippen molar-refractivity contribution in [2.24, 2.45) is 0 Å². The van der Waals surface area contributed by atoms with Gasteiger partial charge in [-0.25, -0.2) is 0 Å². The van der Waals surface area contributed by atoms with Gasteiger partial charge in [0.2, 0.25) is 0 Å². The molecule has 0 amide bonds. The third-order valence-corrected chi connectivity index (χ3v) is 2.45. The first kappa shape index (κ1) is 25.5. The van der Waals surface area contributed by atoms with Crippen molar-refractivity contribution in [2.75, 3.05) is 0 Å². The molecule has 27 heavy (non-hydrogen) atoms. The predicted molar refractivity (Wildman–Crippen MR) is 93.9 cm³/mol. The SMILES string of the molecule is C(#Cc1ccccc1)c1ccccc1.F[P-](F)(F)(F)(F)F.[CH]1[CH][CH][CH][CH]1.[Fe]. The van der Waals surface area contributed by atoms with E-state index in [2.05, 4.69) is 11.8 Å². The summed E-state index contributed by atoms with van der Waals surface area (Å²) in [7, 11) is -10.7. The maximum Gasteiger partial charge on any atom is 0 e. The van der Waals surface area contributed by atoms with Crippen LogP contribution in [-0.4, -0.2) is 0 Å². The van der Waals surface area contributed by atoms with Crippen molar-refractivity contribution in [2.45, 2.75) is 0 Å². The van der Waals surface area contributed by atoms with Gasteiger partial charge in [-0.3, -0.25) is 0 Å². The van der Waals surface area contributed by atoms with Gasteiger partial charge in [-0.05, 0) is 56.4 Å². The molecule has 2 aromatic rings.